The van der Waals surface area contributed by atoms with Crippen molar-refractivity contribution in [2.24, 2.45) is 0 Å². The maximum Gasteiger partial charge on any atom is 0.328 e. The van der Waals surface area contributed by atoms with Gasteiger partial charge >= 0.3 is 5.97 Å². The van der Waals surface area contributed by atoms with Gasteiger partial charge < -0.3 is 9.67 Å². The molecule has 1 aromatic heterocycles. The molecular weight excluding hydrogens is 281 g/mol. The molecule has 0 bridgehead atoms. The first-order chi connectivity index (χ1) is 10.6. The predicted molar refractivity (Wildman–Crippen MR) is 84.1 cm³/mol. The molecule has 4 heteroatoms. The molecule has 3 rings (SSSR count). The Morgan fingerprint density at radius 1 is 1.14 bits per heavy atom. The number of hydrogen-bond donors (Lipinski definition) is 1. The summed E-state index contributed by atoms with van der Waals surface area (Å²) < 4.78 is 15.0. The van der Waals surface area contributed by atoms with E-state index < -0.39 is 5.97 Å². The van der Waals surface area contributed by atoms with E-state index in [1.807, 2.05) is 35.0 Å². The number of carbonyl (C=O) groups is 1. The number of benzene rings is 2. The van der Waals surface area contributed by atoms with Crippen LogP contribution in [-0.4, -0.2) is 15.6 Å². The first kappa shape index (κ1) is 14.1. The summed E-state index contributed by atoms with van der Waals surface area (Å²) in [5.41, 5.74) is 2.84. The van der Waals surface area contributed by atoms with Crippen LogP contribution in [0.25, 0.3) is 17.0 Å². The van der Waals surface area contributed by atoms with Crippen molar-refractivity contribution in [3.05, 3.63) is 77.7 Å². The Kier molecular flexibility index (Phi) is 3.74. The molecule has 0 spiro atoms. The topological polar surface area (TPSA) is 42.2 Å². The molecule has 2 aromatic carbocycles. The van der Waals surface area contributed by atoms with Crippen molar-refractivity contribution >= 4 is 22.9 Å². The molecule has 22 heavy (non-hydrogen) atoms. The highest BCUT2D eigenvalue weighted by molar-refractivity contribution is 5.93. The summed E-state index contributed by atoms with van der Waals surface area (Å²) in [6.45, 7) is 0.599. The largest absolute Gasteiger partial charge is 0.478 e. The Morgan fingerprint density at radius 3 is 2.59 bits per heavy atom. The Balaban J connectivity index is 2.02. The van der Waals surface area contributed by atoms with E-state index in [0.29, 0.717) is 6.54 Å². The first-order valence-electron chi connectivity index (χ1n) is 6.87. The minimum Gasteiger partial charge on any atom is -0.478 e. The zero-order chi connectivity index (χ0) is 15.5. The molecule has 0 saturated carbocycles. The molecule has 110 valence electrons. The summed E-state index contributed by atoms with van der Waals surface area (Å²) in [6, 6.07) is 14.2. The number of rotatable bonds is 4. The molecule has 0 radical (unpaired) electrons. The molecule has 0 atom stereocenters. The fraction of sp³-hybridized carbons (Fsp3) is 0.0556. The molecule has 3 nitrogen and oxygen atoms in total. The smallest absolute Gasteiger partial charge is 0.328 e. The van der Waals surface area contributed by atoms with Gasteiger partial charge in [-0.25, -0.2) is 9.18 Å². The first-order valence-corrected chi connectivity index (χ1v) is 6.87. The number of aliphatic carboxylic acids is 1. The Bertz CT molecular complexity index is 847. The van der Waals surface area contributed by atoms with Crippen LogP contribution in [0, 0.1) is 5.82 Å². The molecule has 0 unspecified atom stereocenters. The Hall–Kier alpha value is -2.88. The lowest BCUT2D eigenvalue weighted by Crippen LogP contribution is -1.97. The molecule has 0 fully saturated rings. The third-order valence-corrected chi connectivity index (χ3v) is 3.49. The van der Waals surface area contributed by atoms with Gasteiger partial charge in [-0.05, 0) is 29.8 Å². The summed E-state index contributed by atoms with van der Waals surface area (Å²) in [7, 11) is 0. The van der Waals surface area contributed by atoms with Gasteiger partial charge in [0, 0.05) is 35.3 Å². The summed E-state index contributed by atoms with van der Waals surface area (Å²) in [6.07, 6.45) is 4.63. The van der Waals surface area contributed by atoms with Crippen LogP contribution in [0.3, 0.4) is 0 Å². The van der Waals surface area contributed by atoms with E-state index in [4.69, 9.17) is 5.11 Å². The van der Waals surface area contributed by atoms with Gasteiger partial charge in [0.25, 0.3) is 0 Å². The molecule has 1 heterocycles. The molecule has 0 aliphatic carbocycles. The van der Waals surface area contributed by atoms with Crippen molar-refractivity contribution < 1.29 is 14.3 Å². The number of carboxylic acids is 1. The number of hydrogen-bond acceptors (Lipinski definition) is 1. The summed E-state index contributed by atoms with van der Waals surface area (Å²) in [5.74, 6) is -1.23. The van der Waals surface area contributed by atoms with Crippen LogP contribution in [0.1, 0.15) is 11.1 Å². The van der Waals surface area contributed by atoms with Gasteiger partial charge in [-0.1, -0.05) is 30.3 Å². The van der Waals surface area contributed by atoms with Crippen molar-refractivity contribution in [1.82, 2.24) is 4.57 Å². The van der Waals surface area contributed by atoms with Crippen molar-refractivity contribution in [2.45, 2.75) is 6.54 Å². The highest BCUT2D eigenvalue weighted by Gasteiger charge is 2.07. The lowest BCUT2D eigenvalue weighted by molar-refractivity contribution is -0.131. The predicted octanol–water partition coefficient (Wildman–Crippen LogP) is 3.93. The molecule has 0 aliphatic rings. The van der Waals surface area contributed by atoms with E-state index in [-0.39, 0.29) is 5.82 Å². The summed E-state index contributed by atoms with van der Waals surface area (Å²) >= 11 is 0. The van der Waals surface area contributed by atoms with E-state index >= 15 is 0 Å². The number of fused-ring (bicyclic) bond motifs is 1. The van der Waals surface area contributed by atoms with Gasteiger partial charge in [0.1, 0.15) is 5.82 Å². The number of para-hydroxylation sites is 1. The monoisotopic (exact) mass is 295 g/mol. The molecule has 3 aromatic rings. The maximum absolute atomic E-state index is 13.0. The second-order valence-corrected chi connectivity index (χ2v) is 5.03. The van der Waals surface area contributed by atoms with Crippen LogP contribution < -0.4 is 0 Å². The van der Waals surface area contributed by atoms with E-state index in [1.165, 1.54) is 12.1 Å². The van der Waals surface area contributed by atoms with Crippen LogP contribution in [0.5, 0.6) is 0 Å². The standard InChI is InChI=1S/C18H14FNO2/c19-15-8-5-13(6-9-15)11-20-12-14(7-10-18(21)22)16-3-1-2-4-17(16)20/h1-10,12H,11H2,(H,21,22)/b10-7+. The fourth-order valence-corrected chi connectivity index (χ4v) is 2.49. The number of carboxylic acid groups (broad SMARTS) is 1. The van der Waals surface area contributed by atoms with Gasteiger partial charge in [-0.3, -0.25) is 0 Å². The quantitative estimate of drug-likeness (QED) is 0.741. The van der Waals surface area contributed by atoms with Crippen molar-refractivity contribution in [2.75, 3.05) is 0 Å². The van der Waals surface area contributed by atoms with Crippen molar-refractivity contribution in [3.8, 4) is 0 Å². The highest BCUT2D eigenvalue weighted by Crippen LogP contribution is 2.23. The fourth-order valence-electron chi connectivity index (χ4n) is 2.49. The number of aromatic nitrogens is 1. The van der Waals surface area contributed by atoms with E-state index in [9.17, 15) is 9.18 Å². The maximum atomic E-state index is 13.0. The second-order valence-electron chi connectivity index (χ2n) is 5.03. The zero-order valence-corrected chi connectivity index (χ0v) is 11.7. The van der Waals surface area contributed by atoms with Gasteiger partial charge in [0.2, 0.25) is 0 Å². The Labute approximate surface area is 126 Å². The molecule has 0 amide bonds. The van der Waals surface area contributed by atoms with Crippen LogP contribution in [-0.2, 0) is 11.3 Å². The normalized spacial score (nSPS) is 11.3. The lowest BCUT2D eigenvalue weighted by Gasteiger charge is -2.05. The highest BCUT2D eigenvalue weighted by atomic mass is 19.1. The van der Waals surface area contributed by atoms with Gasteiger partial charge in [-0.2, -0.15) is 0 Å². The lowest BCUT2D eigenvalue weighted by atomic mass is 10.1. The molecule has 1 N–H and O–H groups in total. The average molecular weight is 295 g/mol. The number of nitrogens with zero attached hydrogens (tertiary/aromatic N) is 1. The second kappa shape index (κ2) is 5.85. The number of halogens is 1. The van der Waals surface area contributed by atoms with Crippen LogP contribution >= 0.6 is 0 Å². The van der Waals surface area contributed by atoms with Crippen LogP contribution in [0.15, 0.2) is 60.8 Å². The van der Waals surface area contributed by atoms with E-state index in [2.05, 4.69) is 0 Å². The van der Waals surface area contributed by atoms with Crippen LogP contribution in [0.4, 0.5) is 4.39 Å². The van der Waals surface area contributed by atoms with E-state index in [0.717, 1.165) is 28.1 Å². The van der Waals surface area contributed by atoms with Gasteiger partial charge in [-0.15, -0.1) is 0 Å². The summed E-state index contributed by atoms with van der Waals surface area (Å²) in [4.78, 5) is 10.7. The van der Waals surface area contributed by atoms with Gasteiger partial charge in [0.05, 0.1) is 0 Å². The molecule has 0 aliphatic heterocycles. The minimum absolute atomic E-state index is 0.258. The summed E-state index contributed by atoms with van der Waals surface area (Å²) in [5, 5.41) is 9.77. The molecular formula is C18H14FNO2. The molecule has 0 saturated heterocycles. The third kappa shape index (κ3) is 2.91. The zero-order valence-electron chi connectivity index (χ0n) is 11.7. The third-order valence-electron chi connectivity index (χ3n) is 3.49. The van der Waals surface area contributed by atoms with Gasteiger partial charge in [0.15, 0.2) is 0 Å². The minimum atomic E-state index is -0.977. The van der Waals surface area contributed by atoms with Crippen LogP contribution in [0.2, 0.25) is 0 Å². The Morgan fingerprint density at radius 2 is 1.86 bits per heavy atom. The van der Waals surface area contributed by atoms with E-state index in [1.54, 1.807) is 18.2 Å². The van der Waals surface area contributed by atoms with Crippen molar-refractivity contribution in [3.63, 3.8) is 0 Å². The van der Waals surface area contributed by atoms with Crippen molar-refractivity contribution in [1.29, 1.82) is 0 Å². The average Bonchev–Trinajstić information content (AvgIpc) is 2.86. The SMILES string of the molecule is O=C(O)/C=C/c1cn(Cc2ccc(F)cc2)c2ccccc12.